The molecule has 0 bridgehead atoms. The molecule has 0 unspecified atom stereocenters. The average Bonchev–Trinajstić information content (AvgIpc) is 2.83. The van der Waals surface area contributed by atoms with Gasteiger partial charge in [-0.15, -0.1) is 0 Å². The molecule has 0 aliphatic carbocycles. The van der Waals surface area contributed by atoms with Gasteiger partial charge in [-0.3, -0.25) is 4.79 Å². The van der Waals surface area contributed by atoms with E-state index in [9.17, 15) is 14.3 Å². The fourth-order valence-corrected chi connectivity index (χ4v) is 4.32. The molecule has 4 rings (SSSR count). The lowest BCUT2D eigenvalue weighted by atomic mass is 9.85. The van der Waals surface area contributed by atoms with Crippen molar-refractivity contribution < 1.29 is 14.3 Å². The van der Waals surface area contributed by atoms with Crippen LogP contribution in [0.15, 0.2) is 84.0 Å². The van der Waals surface area contributed by atoms with Crippen LogP contribution in [0.1, 0.15) is 43.0 Å². The average molecular weight is 458 g/mol. The molecule has 0 fully saturated rings. The number of hydrazone groups is 1. The van der Waals surface area contributed by atoms with Crippen LogP contribution in [0.5, 0.6) is 0 Å². The predicted octanol–water partition coefficient (Wildman–Crippen LogP) is 4.84. The summed E-state index contributed by atoms with van der Waals surface area (Å²) in [6.45, 7) is 6.14. The Morgan fingerprint density at radius 1 is 1.06 bits per heavy atom. The van der Waals surface area contributed by atoms with Crippen molar-refractivity contribution in [1.82, 2.24) is 5.43 Å². The lowest BCUT2D eigenvalue weighted by Gasteiger charge is -2.40. The van der Waals surface area contributed by atoms with E-state index in [1.807, 2.05) is 18.9 Å². The Bertz CT molecular complexity index is 1230. The smallest absolute Gasteiger partial charge is 0.281 e. The minimum absolute atomic E-state index is 0.230. The van der Waals surface area contributed by atoms with Gasteiger partial charge < -0.3 is 10.0 Å². The molecule has 0 radical (unpaired) electrons. The van der Waals surface area contributed by atoms with Crippen molar-refractivity contribution in [2.45, 2.75) is 31.9 Å². The third-order valence-electron chi connectivity index (χ3n) is 6.42. The summed E-state index contributed by atoms with van der Waals surface area (Å²) in [5.41, 5.74) is 4.00. The molecule has 0 spiro atoms. The second kappa shape index (κ2) is 8.88. The highest BCUT2D eigenvalue weighted by Crippen LogP contribution is 2.38. The monoisotopic (exact) mass is 457 g/mol. The fraction of sp³-hybridized carbons (Fsp3) is 0.214. The number of halogens is 1. The molecular formula is C28H28FN3O2. The largest absolute Gasteiger partial charge is 0.372 e. The zero-order chi connectivity index (χ0) is 24.5. The van der Waals surface area contributed by atoms with Crippen LogP contribution in [0, 0.1) is 5.82 Å². The number of fused-ring (bicyclic) bond motifs is 1. The highest BCUT2D eigenvalue weighted by molar-refractivity contribution is 5.92. The minimum atomic E-state index is -1.96. The van der Waals surface area contributed by atoms with Crippen LogP contribution in [-0.2, 0) is 10.4 Å². The molecule has 34 heavy (non-hydrogen) atoms. The van der Waals surface area contributed by atoms with Crippen molar-refractivity contribution in [2.24, 2.45) is 5.10 Å². The highest BCUT2D eigenvalue weighted by Gasteiger charge is 2.40. The molecule has 1 aliphatic heterocycles. The quantitative estimate of drug-likeness (QED) is 0.426. The van der Waals surface area contributed by atoms with Gasteiger partial charge in [0, 0.05) is 23.9 Å². The maximum atomic E-state index is 14.9. The van der Waals surface area contributed by atoms with E-state index in [-0.39, 0.29) is 11.1 Å². The Labute approximate surface area is 199 Å². The number of nitrogens with one attached hydrogen (secondary N) is 1. The summed E-state index contributed by atoms with van der Waals surface area (Å²) in [6, 6.07) is 20.5. The topological polar surface area (TPSA) is 64.9 Å². The van der Waals surface area contributed by atoms with Crippen LogP contribution < -0.4 is 10.3 Å². The Morgan fingerprint density at radius 2 is 1.62 bits per heavy atom. The summed E-state index contributed by atoms with van der Waals surface area (Å²) >= 11 is 0. The van der Waals surface area contributed by atoms with Gasteiger partial charge in [0.1, 0.15) is 5.82 Å². The number of anilines is 1. The van der Waals surface area contributed by atoms with Gasteiger partial charge in [0.05, 0.1) is 11.8 Å². The molecule has 174 valence electrons. The lowest BCUT2D eigenvalue weighted by molar-refractivity contribution is -0.136. The normalized spacial score (nSPS) is 15.1. The van der Waals surface area contributed by atoms with Gasteiger partial charge in [0.25, 0.3) is 5.91 Å². The van der Waals surface area contributed by atoms with Gasteiger partial charge in [-0.05, 0) is 49.6 Å². The Balaban J connectivity index is 1.63. The molecule has 0 atom stereocenters. The Hall–Kier alpha value is -3.77. The number of carbonyl (C=O) groups is 1. The summed E-state index contributed by atoms with van der Waals surface area (Å²) in [7, 11) is 1.93. The van der Waals surface area contributed by atoms with Crippen LogP contribution in [-0.4, -0.2) is 29.8 Å². The SMILES string of the molecule is CC1=CC(C)(C)N(C)c2cc(F)c(/C=N\NC(=O)C(O)(c3ccccc3)c3ccccc3)cc21. The van der Waals surface area contributed by atoms with Gasteiger partial charge in [0.2, 0.25) is 0 Å². The maximum absolute atomic E-state index is 14.9. The summed E-state index contributed by atoms with van der Waals surface area (Å²) in [4.78, 5) is 15.2. The van der Waals surface area contributed by atoms with E-state index in [0.29, 0.717) is 11.1 Å². The molecule has 3 aromatic rings. The fourth-order valence-electron chi connectivity index (χ4n) is 4.32. The van der Waals surface area contributed by atoms with Crippen LogP contribution in [0.25, 0.3) is 5.57 Å². The molecule has 0 saturated heterocycles. The molecular weight excluding hydrogens is 429 g/mol. The second-order valence-electron chi connectivity index (χ2n) is 9.07. The summed E-state index contributed by atoms with van der Waals surface area (Å²) < 4.78 is 14.9. The van der Waals surface area contributed by atoms with Crippen molar-refractivity contribution in [1.29, 1.82) is 0 Å². The van der Waals surface area contributed by atoms with Crippen molar-refractivity contribution in [3.8, 4) is 0 Å². The third-order valence-corrected chi connectivity index (χ3v) is 6.42. The molecule has 0 aromatic heterocycles. The minimum Gasteiger partial charge on any atom is -0.372 e. The first-order valence-electron chi connectivity index (χ1n) is 11.1. The van der Waals surface area contributed by atoms with E-state index in [1.165, 1.54) is 12.3 Å². The number of amides is 1. The zero-order valence-electron chi connectivity index (χ0n) is 19.7. The Morgan fingerprint density at radius 3 is 2.18 bits per heavy atom. The first kappa shape index (κ1) is 23.4. The molecule has 3 aromatic carbocycles. The van der Waals surface area contributed by atoms with Crippen LogP contribution in [0.3, 0.4) is 0 Å². The number of nitrogens with zero attached hydrogens (tertiary/aromatic N) is 2. The number of aliphatic hydroxyl groups is 1. The van der Waals surface area contributed by atoms with E-state index in [0.717, 1.165) is 16.8 Å². The van der Waals surface area contributed by atoms with Crippen LogP contribution >= 0.6 is 0 Å². The molecule has 5 nitrogen and oxygen atoms in total. The molecule has 6 heteroatoms. The van der Waals surface area contributed by atoms with Gasteiger partial charge in [-0.2, -0.15) is 5.10 Å². The summed E-state index contributed by atoms with van der Waals surface area (Å²) in [5.74, 6) is -1.19. The van der Waals surface area contributed by atoms with Crippen LogP contribution in [0.4, 0.5) is 10.1 Å². The third kappa shape index (κ3) is 4.13. The maximum Gasteiger partial charge on any atom is 0.281 e. The predicted molar refractivity (Wildman–Crippen MR) is 134 cm³/mol. The molecule has 0 saturated carbocycles. The van der Waals surface area contributed by atoms with Crippen molar-refractivity contribution in [3.63, 3.8) is 0 Å². The standard InChI is InChI=1S/C28H28FN3O2/c1-19-17-27(2,3)32(4)25-16-24(29)20(15-23(19)25)18-30-31-26(33)28(34,21-11-7-5-8-12-21)22-13-9-6-10-14-22/h5-18,34H,1-4H3,(H,31,33)/b30-18-. The van der Waals surface area contributed by atoms with E-state index in [4.69, 9.17) is 0 Å². The molecule has 1 heterocycles. The number of allylic oxidation sites excluding steroid dienone is 1. The first-order chi connectivity index (χ1) is 16.1. The lowest BCUT2D eigenvalue weighted by Crippen LogP contribution is -2.43. The van der Waals surface area contributed by atoms with E-state index >= 15 is 0 Å². The second-order valence-corrected chi connectivity index (χ2v) is 9.07. The molecule has 1 aliphatic rings. The zero-order valence-corrected chi connectivity index (χ0v) is 19.7. The molecule has 1 amide bonds. The Kier molecular flexibility index (Phi) is 6.11. The van der Waals surface area contributed by atoms with Crippen LogP contribution in [0.2, 0.25) is 0 Å². The number of hydrogen-bond acceptors (Lipinski definition) is 4. The van der Waals surface area contributed by atoms with Gasteiger partial charge in [-0.1, -0.05) is 66.7 Å². The van der Waals surface area contributed by atoms with E-state index in [2.05, 4.69) is 30.5 Å². The number of rotatable bonds is 5. The summed E-state index contributed by atoms with van der Waals surface area (Å²) in [6.07, 6.45) is 3.40. The molecule has 2 N–H and O–H groups in total. The van der Waals surface area contributed by atoms with Crippen molar-refractivity contribution in [2.75, 3.05) is 11.9 Å². The number of carbonyl (C=O) groups excluding carboxylic acids is 1. The number of likely N-dealkylation sites (N-methyl/N-ethyl adjacent to an activating group) is 1. The van der Waals surface area contributed by atoms with Gasteiger partial charge in [0.15, 0.2) is 5.60 Å². The number of hydrogen-bond donors (Lipinski definition) is 2. The van der Waals surface area contributed by atoms with Crippen molar-refractivity contribution in [3.05, 3.63) is 107 Å². The first-order valence-corrected chi connectivity index (χ1v) is 11.1. The van der Waals surface area contributed by atoms with Gasteiger partial charge in [-0.25, -0.2) is 9.82 Å². The summed E-state index contributed by atoms with van der Waals surface area (Å²) in [5, 5.41) is 15.5. The highest BCUT2D eigenvalue weighted by atomic mass is 19.1. The van der Waals surface area contributed by atoms with E-state index in [1.54, 1.807) is 66.7 Å². The van der Waals surface area contributed by atoms with E-state index < -0.39 is 17.3 Å². The van der Waals surface area contributed by atoms with Gasteiger partial charge >= 0.3 is 0 Å². The number of benzene rings is 3. The van der Waals surface area contributed by atoms with Crippen molar-refractivity contribution >= 4 is 23.4 Å².